The first kappa shape index (κ1) is 13.5. The van der Waals surface area contributed by atoms with Gasteiger partial charge in [0.15, 0.2) is 0 Å². The number of nitrogens with zero attached hydrogens (tertiary/aromatic N) is 2. The van der Waals surface area contributed by atoms with Gasteiger partial charge in [0.25, 0.3) is 0 Å². The maximum absolute atomic E-state index is 13.2. The summed E-state index contributed by atoms with van der Waals surface area (Å²) >= 11 is 3.58. The van der Waals surface area contributed by atoms with Gasteiger partial charge in [0.2, 0.25) is 10.0 Å². The highest BCUT2D eigenvalue weighted by Crippen LogP contribution is 2.41. The van der Waals surface area contributed by atoms with Gasteiger partial charge < -0.3 is 0 Å². The van der Waals surface area contributed by atoms with Crippen LogP contribution in [0.1, 0.15) is 25.7 Å². The molecule has 7 heteroatoms. The molecule has 0 aromatic carbocycles. The molecule has 2 saturated heterocycles. The van der Waals surface area contributed by atoms with Crippen LogP contribution in [0.15, 0.2) is 23.4 Å². The predicted molar refractivity (Wildman–Crippen MR) is 72.0 cm³/mol. The lowest BCUT2D eigenvalue weighted by molar-refractivity contribution is 0.255. The van der Waals surface area contributed by atoms with E-state index < -0.39 is 15.8 Å². The number of hydrogen-bond donors (Lipinski definition) is 0. The summed E-state index contributed by atoms with van der Waals surface area (Å²) in [5.41, 5.74) is 0. The molecule has 2 unspecified atom stereocenters. The van der Waals surface area contributed by atoms with Crippen LogP contribution in [-0.4, -0.2) is 34.6 Å². The number of aromatic nitrogens is 1. The fourth-order valence-electron chi connectivity index (χ4n) is 3.12. The van der Waals surface area contributed by atoms with Crippen molar-refractivity contribution in [2.24, 2.45) is 0 Å². The molecule has 0 spiro atoms. The number of rotatable bonds is 2. The maximum Gasteiger partial charge on any atom is 0.245 e. The van der Waals surface area contributed by atoms with E-state index in [-0.39, 0.29) is 17.0 Å². The van der Waals surface area contributed by atoms with Crippen LogP contribution in [0.3, 0.4) is 0 Å². The molecule has 4 nitrogen and oxygen atoms in total. The van der Waals surface area contributed by atoms with Gasteiger partial charge in [0, 0.05) is 23.1 Å². The van der Waals surface area contributed by atoms with Crippen LogP contribution in [0.4, 0.5) is 4.39 Å². The second-order valence-corrected chi connectivity index (χ2v) is 8.27. The molecule has 104 valence electrons. The summed E-state index contributed by atoms with van der Waals surface area (Å²) in [5, 5.41) is 0. The molecular weight excluding hydrogens is 335 g/mol. The fraction of sp³-hybridized carbons (Fsp3) is 0.583. The molecule has 3 rings (SSSR count). The zero-order valence-corrected chi connectivity index (χ0v) is 12.6. The number of fused-ring (bicyclic) bond motifs is 2. The van der Waals surface area contributed by atoms with Crippen molar-refractivity contribution in [3.63, 3.8) is 0 Å². The lowest BCUT2D eigenvalue weighted by atomic mass is 10.1. The van der Waals surface area contributed by atoms with E-state index in [9.17, 15) is 12.8 Å². The van der Waals surface area contributed by atoms with Gasteiger partial charge in [-0.25, -0.2) is 12.8 Å². The van der Waals surface area contributed by atoms with Gasteiger partial charge in [-0.3, -0.25) is 4.98 Å². The number of pyridine rings is 1. The van der Waals surface area contributed by atoms with E-state index in [0.717, 1.165) is 37.9 Å². The van der Waals surface area contributed by atoms with Gasteiger partial charge in [0.05, 0.1) is 6.20 Å². The molecular formula is C12H14BrFN2O2S. The largest absolute Gasteiger partial charge is 0.260 e. The van der Waals surface area contributed by atoms with E-state index in [1.54, 1.807) is 4.31 Å². The van der Waals surface area contributed by atoms with Gasteiger partial charge in [-0.2, -0.15) is 4.31 Å². The number of piperidine rings is 1. The fourth-order valence-corrected chi connectivity index (χ4v) is 5.85. The van der Waals surface area contributed by atoms with E-state index in [0.29, 0.717) is 4.83 Å². The molecule has 1 aromatic rings. The molecule has 1 aromatic heterocycles. The normalized spacial score (nSPS) is 31.6. The molecule has 3 heterocycles. The first-order valence-electron chi connectivity index (χ1n) is 6.26. The molecule has 2 atom stereocenters. The third-order valence-corrected chi connectivity index (χ3v) is 6.58. The molecule has 2 bridgehead atoms. The standard InChI is InChI=1S/C12H14BrFN2O2S/c13-8-3-10-1-2-11(4-8)16(10)19(17,18)12-5-9(14)6-15-7-12/h5-8,10-11H,1-4H2. The zero-order chi connectivity index (χ0) is 13.6. The van der Waals surface area contributed by atoms with Crippen LogP contribution in [0, 0.1) is 5.82 Å². The number of sulfonamides is 1. The van der Waals surface area contributed by atoms with Crippen molar-refractivity contribution >= 4 is 26.0 Å². The molecule has 0 radical (unpaired) electrons. The minimum absolute atomic E-state index is 0.0244. The Morgan fingerprint density at radius 2 is 1.89 bits per heavy atom. The first-order chi connectivity index (χ1) is 8.98. The number of halogens is 2. The summed E-state index contributed by atoms with van der Waals surface area (Å²) in [6.07, 6.45) is 5.64. The van der Waals surface area contributed by atoms with E-state index in [1.807, 2.05) is 0 Å². The van der Waals surface area contributed by atoms with Crippen molar-refractivity contribution in [1.29, 1.82) is 0 Å². The molecule has 0 amide bonds. The molecule has 0 N–H and O–H groups in total. The first-order valence-corrected chi connectivity index (χ1v) is 8.62. The van der Waals surface area contributed by atoms with Crippen molar-refractivity contribution in [3.05, 3.63) is 24.3 Å². The van der Waals surface area contributed by atoms with Crippen LogP contribution < -0.4 is 0 Å². The Balaban J connectivity index is 1.98. The van der Waals surface area contributed by atoms with Crippen LogP contribution >= 0.6 is 15.9 Å². The molecule has 0 saturated carbocycles. The quantitative estimate of drug-likeness (QED) is 0.770. The Kier molecular flexibility index (Phi) is 3.39. The van der Waals surface area contributed by atoms with Crippen LogP contribution in [0.5, 0.6) is 0 Å². The van der Waals surface area contributed by atoms with Crippen molar-refractivity contribution in [1.82, 2.24) is 9.29 Å². The zero-order valence-electron chi connectivity index (χ0n) is 10.2. The van der Waals surface area contributed by atoms with E-state index in [1.165, 1.54) is 6.20 Å². The Labute approximate surface area is 120 Å². The Bertz CT molecular complexity index is 581. The van der Waals surface area contributed by atoms with Crippen molar-refractivity contribution in [2.45, 2.75) is 47.5 Å². The Morgan fingerprint density at radius 3 is 2.47 bits per heavy atom. The average Bonchev–Trinajstić information content (AvgIpc) is 2.63. The minimum atomic E-state index is -3.63. The summed E-state index contributed by atoms with van der Waals surface area (Å²) in [6.45, 7) is 0. The second kappa shape index (κ2) is 4.79. The van der Waals surface area contributed by atoms with Gasteiger partial charge in [-0.15, -0.1) is 0 Å². The molecule has 2 fully saturated rings. The van der Waals surface area contributed by atoms with E-state index >= 15 is 0 Å². The highest BCUT2D eigenvalue weighted by Gasteiger charge is 2.46. The van der Waals surface area contributed by atoms with Crippen LogP contribution in [-0.2, 0) is 10.0 Å². The molecule has 2 aliphatic heterocycles. The summed E-state index contributed by atoms with van der Waals surface area (Å²) in [4.78, 5) is 3.97. The van der Waals surface area contributed by atoms with E-state index in [2.05, 4.69) is 20.9 Å². The molecule has 0 aliphatic carbocycles. The summed E-state index contributed by atoms with van der Waals surface area (Å²) in [6, 6.07) is 1.09. The van der Waals surface area contributed by atoms with Crippen molar-refractivity contribution in [3.8, 4) is 0 Å². The minimum Gasteiger partial charge on any atom is -0.260 e. The maximum atomic E-state index is 13.2. The van der Waals surface area contributed by atoms with E-state index in [4.69, 9.17) is 0 Å². The van der Waals surface area contributed by atoms with Gasteiger partial charge >= 0.3 is 0 Å². The van der Waals surface area contributed by atoms with Crippen molar-refractivity contribution < 1.29 is 12.8 Å². The Morgan fingerprint density at radius 1 is 1.26 bits per heavy atom. The Hall–Kier alpha value is -0.530. The highest BCUT2D eigenvalue weighted by atomic mass is 79.9. The topological polar surface area (TPSA) is 50.3 Å². The smallest absolute Gasteiger partial charge is 0.245 e. The van der Waals surface area contributed by atoms with Crippen molar-refractivity contribution in [2.75, 3.05) is 0 Å². The number of alkyl halides is 1. The third-order valence-electron chi connectivity index (χ3n) is 3.86. The molecule has 19 heavy (non-hydrogen) atoms. The van der Waals surface area contributed by atoms with Gasteiger partial charge in [0.1, 0.15) is 10.7 Å². The second-order valence-electron chi connectivity index (χ2n) is 5.13. The lowest BCUT2D eigenvalue weighted by Crippen LogP contribution is -2.46. The van der Waals surface area contributed by atoms with Gasteiger partial charge in [-0.1, -0.05) is 15.9 Å². The summed E-state index contributed by atoms with van der Waals surface area (Å²) in [5.74, 6) is -0.621. The van der Waals surface area contributed by atoms with Crippen LogP contribution in [0.2, 0.25) is 0 Å². The van der Waals surface area contributed by atoms with Crippen LogP contribution in [0.25, 0.3) is 0 Å². The average molecular weight is 349 g/mol. The van der Waals surface area contributed by atoms with Gasteiger partial charge in [-0.05, 0) is 31.7 Å². The molecule has 2 aliphatic rings. The SMILES string of the molecule is O=S(=O)(c1cncc(F)c1)N1C2CCC1CC(Br)C2. The lowest BCUT2D eigenvalue weighted by Gasteiger charge is -2.35. The summed E-state index contributed by atoms with van der Waals surface area (Å²) in [7, 11) is -3.63. The predicted octanol–water partition coefficient (Wildman–Crippen LogP) is 2.30. The monoisotopic (exact) mass is 348 g/mol. The third kappa shape index (κ3) is 2.32. The number of hydrogen-bond acceptors (Lipinski definition) is 3. The highest BCUT2D eigenvalue weighted by molar-refractivity contribution is 9.09. The summed E-state index contributed by atoms with van der Waals surface area (Å²) < 4.78 is 40.0.